The number of carbonyl (C=O) groups is 1. The molecule has 0 unspecified atom stereocenters. The van der Waals surface area contributed by atoms with Crippen molar-refractivity contribution >= 4 is 28.4 Å². The minimum absolute atomic E-state index is 0.00617. The third kappa shape index (κ3) is 4.29. The Balaban J connectivity index is 2.00. The van der Waals surface area contributed by atoms with Crippen LogP contribution in [-0.2, 0) is 17.8 Å². The molecule has 160 valence electrons. The second-order valence-corrected chi connectivity index (χ2v) is 7.20. The molecule has 0 aliphatic rings. The number of amides is 1. The summed E-state index contributed by atoms with van der Waals surface area (Å²) in [7, 11) is 0. The monoisotopic (exact) mass is 413 g/mol. The number of aromatic amines is 1. The van der Waals surface area contributed by atoms with Gasteiger partial charge in [0.15, 0.2) is 11.3 Å². The molecule has 30 heavy (non-hydrogen) atoms. The standard InChI is InChI=1S/C21H27N5O4/c1-3-5-11-25(17(27)13-15-14-9-7-8-10-16(14)30-24-15)18-19(22)26(12-6-4-2)21(29)23-20(18)28/h7-10H,3-6,11-13,22H2,1-2H3,(H,23,28,29). The van der Waals surface area contributed by atoms with Crippen molar-refractivity contribution in [3.63, 3.8) is 0 Å². The van der Waals surface area contributed by atoms with Gasteiger partial charge in [0.1, 0.15) is 11.5 Å². The van der Waals surface area contributed by atoms with Gasteiger partial charge in [-0.2, -0.15) is 0 Å². The summed E-state index contributed by atoms with van der Waals surface area (Å²) in [5.74, 6) is -0.327. The van der Waals surface area contributed by atoms with Gasteiger partial charge in [0.05, 0.1) is 6.42 Å². The maximum atomic E-state index is 13.2. The fraction of sp³-hybridized carbons (Fsp3) is 0.429. The first-order valence-electron chi connectivity index (χ1n) is 10.2. The average Bonchev–Trinajstić information content (AvgIpc) is 3.13. The third-order valence-corrected chi connectivity index (χ3v) is 5.03. The molecule has 0 atom stereocenters. The number of para-hydroxylation sites is 1. The molecule has 0 bridgehead atoms. The van der Waals surface area contributed by atoms with Gasteiger partial charge in [-0.1, -0.05) is 44.0 Å². The van der Waals surface area contributed by atoms with Gasteiger partial charge in [-0.05, 0) is 25.0 Å². The van der Waals surface area contributed by atoms with Crippen molar-refractivity contribution in [3.8, 4) is 0 Å². The van der Waals surface area contributed by atoms with Crippen molar-refractivity contribution in [1.82, 2.24) is 14.7 Å². The van der Waals surface area contributed by atoms with Gasteiger partial charge in [0, 0.05) is 18.5 Å². The van der Waals surface area contributed by atoms with E-state index in [1.165, 1.54) is 9.47 Å². The number of hydrogen-bond acceptors (Lipinski definition) is 6. The van der Waals surface area contributed by atoms with Crippen LogP contribution in [0.25, 0.3) is 11.0 Å². The van der Waals surface area contributed by atoms with Crippen LogP contribution >= 0.6 is 0 Å². The molecule has 3 rings (SSSR count). The van der Waals surface area contributed by atoms with Crippen LogP contribution in [0.3, 0.4) is 0 Å². The number of unbranched alkanes of at least 4 members (excludes halogenated alkanes) is 2. The number of benzene rings is 1. The molecule has 9 nitrogen and oxygen atoms in total. The number of nitrogen functional groups attached to an aromatic ring is 1. The Bertz CT molecular complexity index is 1140. The minimum atomic E-state index is -0.667. The van der Waals surface area contributed by atoms with Crippen LogP contribution in [0.15, 0.2) is 38.4 Å². The lowest BCUT2D eigenvalue weighted by Crippen LogP contribution is -2.42. The van der Waals surface area contributed by atoms with E-state index in [-0.39, 0.29) is 23.8 Å². The van der Waals surface area contributed by atoms with E-state index in [4.69, 9.17) is 10.3 Å². The largest absolute Gasteiger partial charge is 0.383 e. The molecule has 0 aliphatic heterocycles. The highest BCUT2D eigenvalue weighted by Crippen LogP contribution is 2.22. The zero-order chi connectivity index (χ0) is 21.7. The van der Waals surface area contributed by atoms with Gasteiger partial charge in [-0.15, -0.1) is 0 Å². The number of H-pyrrole nitrogens is 1. The summed E-state index contributed by atoms with van der Waals surface area (Å²) in [6, 6.07) is 7.27. The molecule has 0 saturated heterocycles. The molecule has 3 aromatic rings. The summed E-state index contributed by atoms with van der Waals surface area (Å²) in [5, 5.41) is 4.76. The number of nitrogens with two attached hydrogens (primary N) is 1. The van der Waals surface area contributed by atoms with E-state index in [0.717, 1.165) is 24.6 Å². The fourth-order valence-electron chi connectivity index (χ4n) is 3.36. The first-order valence-corrected chi connectivity index (χ1v) is 10.2. The Morgan fingerprint density at radius 1 is 1.20 bits per heavy atom. The molecule has 2 aromatic heterocycles. The Hall–Kier alpha value is -3.36. The van der Waals surface area contributed by atoms with Gasteiger partial charge >= 0.3 is 5.69 Å². The van der Waals surface area contributed by atoms with Crippen molar-refractivity contribution in [2.24, 2.45) is 0 Å². The van der Waals surface area contributed by atoms with Crippen molar-refractivity contribution in [1.29, 1.82) is 0 Å². The minimum Gasteiger partial charge on any atom is -0.383 e. The number of nitrogens with zero attached hydrogens (tertiary/aromatic N) is 3. The zero-order valence-electron chi connectivity index (χ0n) is 17.3. The van der Waals surface area contributed by atoms with E-state index in [1.807, 2.05) is 32.0 Å². The van der Waals surface area contributed by atoms with Crippen molar-refractivity contribution in [3.05, 3.63) is 50.8 Å². The van der Waals surface area contributed by atoms with Crippen LogP contribution in [0, 0.1) is 0 Å². The van der Waals surface area contributed by atoms with Crippen LogP contribution in [0.1, 0.15) is 45.2 Å². The smallest absolute Gasteiger partial charge is 0.330 e. The Kier molecular flexibility index (Phi) is 6.71. The fourth-order valence-corrected chi connectivity index (χ4v) is 3.36. The molecule has 3 N–H and O–H groups in total. The second-order valence-electron chi connectivity index (χ2n) is 7.20. The number of fused-ring (bicyclic) bond motifs is 1. The molecule has 9 heteroatoms. The van der Waals surface area contributed by atoms with E-state index in [1.54, 1.807) is 6.07 Å². The topological polar surface area (TPSA) is 127 Å². The maximum absolute atomic E-state index is 13.2. The number of nitrogens with one attached hydrogen (secondary N) is 1. The highest BCUT2D eigenvalue weighted by molar-refractivity contribution is 5.98. The number of rotatable bonds is 9. The normalized spacial score (nSPS) is 11.1. The van der Waals surface area contributed by atoms with Crippen LogP contribution in [0.5, 0.6) is 0 Å². The first kappa shape index (κ1) is 21.4. The maximum Gasteiger partial charge on any atom is 0.330 e. The summed E-state index contributed by atoms with van der Waals surface area (Å²) >= 11 is 0. The summed E-state index contributed by atoms with van der Waals surface area (Å²) in [6.07, 6.45) is 3.04. The Morgan fingerprint density at radius 3 is 2.67 bits per heavy atom. The predicted molar refractivity (Wildman–Crippen MR) is 116 cm³/mol. The van der Waals surface area contributed by atoms with Gasteiger partial charge in [-0.3, -0.25) is 19.1 Å². The van der Waals surface area contributed by atoms with Crippen molar-refractivity contribution in [2.45, 2.75) is 52.5 Å². The van der Waals surface area contributed by atoms with Crippen LogP contribution in [0.4, 0.5) is 11.5 Å². The lowest BCUT2D eigenvalue weighted by Gasteiger charge is -2.24. The van der Waals surface area contributed by atoms with Crippen LogP contribution in [0.2, 0.25) is 0 Å². The van der Waals surface area contributed by atoms with E-state index in [0.29, 0.717) is 30.8 Å². The quantitative estimate of drug-likeness (QED) is 0.555. The molecule has 1 amide bonds. The Labute approximate surface area is 173 Å². The van der Waals surface area contributed by atoms with E-state index in [2.05, 4.69) is 10.1 Å². The third-order valence-electron chi connectivity index (χ3n) is 5.03. The second kappa shape index (κ2) is 9.43. The highest BCUT2D eigenvalue weighted by Gasteiger charge is 2.25. The van der Waals surface area contributed by atoms with E-state index >= 15 is 0 Å². The highest BCUT2D eigenvalue weighted by atomic mass is 16.5. The summed E-state index contributed by atoms with van der Waals surface area (Å²) in [6.45, 7) is 4.66. The van der Waals surface area contributed by atoms with E-state index in [9.17, 15) is 14.4 Å². The molecule has 0 saturated carbocycles. The zero-order valence-corrected chi connectivity index (χ0v) is 17.3. The average molecular weight is 413 g/mol. The van der Waals surface area contributed by atoms with Crippen molar-refractivity contribution < 1.29 is 9.32 Å². The van der Waals surface area contributed by atoms with Gasteiger partial charge in [0.2, 0.25) is 5.91 Å². The van der Waals surface area contributed by atoms with Gasteiger partial charge < -0.3 is 15.2 Å². The SMILES string of the molecule is CCCCN(C(=O)Cc1noc2ccccc12)c1c(N)n(CCCC)c(=O)[nH]c1=O. The molecule has 0 fully saturated rings. The molecular formula is C21H27N5O4. The number of aromatic nitrogens is 3. The predicted octanol–water partition coefficient (Wildman–Crippen LogP) is 2.44. The molecule has 0 aliphatic carbocycles. The first-order chi connectivity index (χ1) is 14.5. The molecular weight excluding hydrogens is 386 g/mol. The lowest BCUT2D eigenvalue weighted by atomic mass is 10.1. The lowest BCUT2D eigenvalue weighted by molar-refractivity contribution is -0.118. The number of carbonyl (C=O) groups excluding carboxylic acids is 1. The van der Waals surface area contributed by atoms with Gasteiger partial charge in [-0.25, -0.2) is 4.79 Å². The molecule has 0 spiro atoms. The molecule has 0 radical (unpaired) electrons. The summed E-state index contributed by atoms with van der Waals surface area (Å²) in [4.78, 5) is 41.8. The Morgan fingerprint density at radius 2 is 1.93 bits per heavy atom. The van der Waals surface area contributed by atoms with Crippen molar-refractivity contribution in [2.75, 3.05) is 17.2 Å². The number of hydrogen-bond donors (Lipinski definition) is 2. The van der Waals surface area contributed by atoms with Crippen LogP contribution < -0.4 is 21.9 Å². The summed E-state index contributed by atoms with van der Waals surface area (Å²) in [5.41, 5.74) is 6.07. The van der Waals surface area contributed by atoms with E-state index < -0.39 is 11.2 Å². The van der Waals surface area contributed by atoms with Crippen LogP contribution in [-0.4, -0.2) is 27.2 Å². The number of anilines is 2. The molecule has 1 aromatic carbocycles. The summed E-state index contributed by atoms with van der Waals surface area (Å²) < 4.78 is 6.60. The van der Waals surface area contributed by atoms with Gasteiger partial charge in [0.25, 0.3) is 5.56 Å². The molecule has 2 heterocycles.